The molecule has 0 saturated carbocycles. The van der Waals surface area contributed by atoms with Crippen molar-refractivity contribution in [1.82, 2.24) is 10.2 Å². The number of nitrogens with zero attached hydrogens (tertiary/aromatic N) is 1. The summed E-state index contributed by atoms with van der Waals surface area (Å²) in [6.07, 6.45) is 3.38. The number of carbonyl (C=O) groups is 2. The second-order valence-electron chi connectivity index (χ2n) is 6.16. The quantitative estimate of drug-likeness (QED) is 0.799. The molecule has 24 heavy (non-hydrogen) atoms. The Morgan fingerprint density at radius 3 is 2.75 bits per heavy atom. The highest BCUT2D eigenvalue weighted by Crippen LogP contribution is 2.16. The summed E-state index contributed by atoms with van der Waals surface area (Å²) >= 11 is 0. The zero-order valence-corrected chi connectivity index (χ0v) is 14.3. The summed E-state index contributed by atoms with van der Waals surface area (Å²) in [5.41, 5.74) is 6.45. The SMILES string of the molecule is CCCOc1ccc(CCNC(=O)C2CCCN(C(N)=O)C2)cc1. The van der Waals surface area contributed by atoms with E-state index < -0.39 is 6.03 Å². The van der Waals surface area contributed by atoms with Crippen LogP contribution in [0.4, 0.5) is 4.79 Å². The molecule has 1 aromatic rings. The molecule has 0 spiro atoms. The van der Waals surface area contributed by atoms with E-state index in [9.17, 15) is 9.59 Å². The summed E-state index contributed by atoms with van der Waals surface area (Å²) in [4.78, 5) is 25.0. The Labute approximate surface area is 143 Å². The number of hydrogen-bond acceptors (Lipinski definition) is 3. The lowest BCUT2D eigenvalue weighted by molar-refractivity contribution is -0.126. The molecule has 1 aromatic carbocycles. The van der Waals surface area contributed by atoms with Gasteiger partial charge in [-0.05, 0) is 43.4 Å². The lowest BCUT2D eigenvalue weighted by Gasteiger charge is -2.30. The Morgan fingerprint density at radius 2 is 2.08 bits per heavy atom. The molecule has 3 N–H and O–H groups in total. The molecule has 132 valence electrons. The monoisotopic (exact) mass is 333 g/mol. The van der Waals surface area contributed by atoms with E-state index in [0.29, 0.717) is 19.6 Å². The lowest BCUT2D eigenvalue weighted by atomic mass is 9.97. The fourth-order valence-corrected chi connectivity index (χ4v) is 2.84. The van der Waals surface area contributed by atoms with Gasteiger partial charge in [0.05, 0.1) is 12.5 Å². The molecule has 0 aromatic heterocycles. The van der Waals surface area contributed by atoms with Crippen molar-refractivity contribution in [2.45, 2.75) is 32.6 Å². The van der Waals surface area contributed by atoms with Crippen LogP contribution in [0.1, 0.15) is 31.7 Å². The van der Waals surface area contributed by atoms with Crippen LogP contribution in [0.2, 0.25) is 0 Å². The van der Waals surface area contributed by atoms with Crippen molar-refractivity contribution in [2.75, 3.05) is 26.2 Å². The molecule has 0 aliphatic carbocycles. The predicted molar refractivity (Wildman–Crippen MR) is 92.8 cm³/mol. The number of urea groups is 1. The average Bonchev–Trinajstić information content (AvgIpc) is 2.61. The van der Waals surface area contributed by atoms with Gasteiger partial charge in [0.25, 0.3) is 0 Å². The number of likely N-dealkylation sites (tertiary alicyclic amines) is 1. The largest absolute Gasteiger partial charge is 0.494 e. The van der Waals surface area contributed by atoms with Gasteiger partial charge in [0.1, 0.15) is 5.75 Å². The van der Waals surface area contributed by atoms with Crippen LogP contribution >= 0.6 is 0 Å². The summed E-state index contributed by atoms with van der Waals surface area (Å²) in [6, 6.07) is 7.51. The highest BCUT2D eigenvalue weighted by Gasteiger charge is 2.27. The molecule has 1 heterocycles. The topological polar surface area (TPSA) is 84.7 Å². The first-order valence-corrected chi connectivity index (χ1v) is 8.64. The highest BCUT2D eigenvalue weighted by molar-refractivity contribution is 5.80. The maximum atomic E-state index is 12.2. The Hall–Kier alpha value is -2.24. The molecule has 2 rings (SSSR count). The first kappa shape index (κ1) is 18.1. The van der Waals surface area contributed by atoms with Crippen molar-refractivity contribution in [3.8, 4) is 5.75 Å². The van der Waals surface area contributed by atoms with Gasteiger partial charge < -0.3 is 20.7 Å². The molecule has 1 saturated heterocycles. The molecule has 1 fully saturated rings. The number of amides is 3. The van der Waals surface area contributed by atoms with Crippen molar-refractivity contribution in [2.24, 2.45) is 11.7 Å². The van der Waals surface area contributed by atoms with Crippen molar-refractivity contribution in [3.63, 3.8) is 0 Å². The maximum absolute atomic E-state index is 12.2. The van der Waals surface area contributed by atoms with Gasteiger partial charge in [-0.15, -0.1) is 0 Å². The van der Waals surface area contributed by atoms with Gasteiger partial charge in [-0.1, -0.05) is 19.1 Å². The number of nitrogens with two attached hydrogens (primary N) is 1. The normalized spacial score (nSPS) is 17.4. The smallest absolute Gasteiger partial charge is 0.314 e. The third-order valence-electron chi connectivity index (χ3n) is 4.21. The van der Waals surface area contributed by atoms with E-state index in [0.717, 1.165) is 43.6 Å². The van der Waals surface area contributed by atoms with Crippen LogP contribution in [0, 0.1) is 5.92 Å². The summed E-state index contributed by atoms with van der Waals surface area (Å²) in [5.74, 6) is 0.721. The molecule has 6 nitrogen and oxygen atoms in total. The highest BCUT2D eigenvalue weighted by atomic mass is 16.5. The van der Waals surface area contributed by atoms with Crippen molar-refractivity contribution in [3.05, 3.63) is 29.8 Å². The van der Waals surface area contributed by atoms with E-state index in [1.165, 1.54) is 0 Å². The molecule has 1 aliphatic rings. The van der Waals surface area contributed by atoms with Gasteiger partial charge in [-0.2, -0.15) is 0 Å². The van der Waals surface area contributed by atoms with Gasteiger partial charge in [0.2, 0.25) is 5.91 Å². The predicted octanol–water partition coefficient (Wildman–Crippen LogP) is 1.92. The summed E-state index contributed by atoms with van der Waals surface area (Å²) in [5, 5.41) is 2.96. The van der Waals surface area contributed by atoms with Crippen molar-refractivity contribution in [1.29, 1.82) is 0 Å². The van der Waals surface area contributed by atoms with Crippen LogP contribution < -0.4 is 15.8 Å². The fraction of sp³-hybridized carbons (Fsp3) is 0.556. The first-order valence-electron chi connectivity index (χ1n) is 8.64. The number of nitrogens with one attached hydrogen (secondary N) is 1. The van der Waals surface area contributed by atoms with Crippen LogP contribution in [0.3, 0.4) is 0 Å². The van der Waals surface area contributed by atoms with E-state index >= 15 is 0 Å². The number of benzene rings is 1. The minimum absolute atomic E-state index is 0.00356. The Balaban J connectivity index is 1.73. The summed E-state index contributed by atoms with van der Waals surface area (Å²) < 4.78 is 5.55. The minimum atomic E-state index is -0.446. The summed E-state index contributed by atoms with van der Waals surface area (Å²) in [6.45, 7) is 4.45. The molecule has 0 radical (unpaired) electrons. The van der Waals surface area contributed by atoms with Gasteiger partial charge >= 0.3 is 6.03 Å². The fourth-order valence-electron chi connectivity index (χ4n) is 2.84. The third-order valence-corrected chi connectivity index (χ3v) is 4.21. The van der Waals surface area contributed by atoms with Crippen LogP contribution in [-0.4, -0.2) is 43.1 Å². The molecule has 0 bridgehead atoms. The Bertz CT molecular complexity index is 545. The van der Waals surface area contributed by atoms with Gasteiger partial charge in [0, 0.05) is 19.6 Å². The summed E-state index contributed by atoms with van der Waals surface area (Å²) in [7, 11) is 0. The standard InChI is InChI=1S/C18H27N3O3/c1-2-12-24-16-7-5-14(6-8-16)9-10-20-17(22)15-4-3-11-21(13-15)18(19)23/h5-8,15H,2-4,9-13H2,1H3,(H2,19,23)(H,20,22). The number of piperidine rings is 1. The molecule has 1 unspecified atom stereocenters. The molecule has 3 amide bonds. The van der Waals surface area contributed by atoms with Crippen LogP contribution in [0.15, 0.2) is 24.3 Å². The number of carbonyl (C=O) groups excluding carboxylic acids is 2. The zero-order chi connectivity index (χ0) is 17.4. The Kier molecular flexibility index (Phi) is 6.90. The van der Waals surface area contributed by atoms with E-state index in [-0.39, 0.29) is 11.8 Å². The molecular formula is C18H27N3O3. The molecule has 6 heteroatoms. The van der Waals surface area contributed by atoms with Gasteiger partial charge in [-0.3, -0.25) is 4.79 Å². The first-order chi connectivity index (χ1) is 11.6. The van der Waals surface area contributed by atoms with Crippen molar-refractivity contribution >= 4 is 11.9 Å². The second kappa shape index (κ2) is 9.15. The molecular weight excluding hydrogens is 306 g/mol. The number of hydrogen-bond donors (Lipinski definition) is 2. The second-order valence-corrected chi connectivity index (χ2v) is 6.16. The maximum Gasteiger partial charge on any atom is 0.314 e. The third kappa shape index (κ3) is 5.44. The zero-order valence-electron chi connectivity index (χ0n) is 14.3. The average molecular weight is 333 g/mol. The van der Waals surface area contributed by atoms with Crippen molar-refractivity contribution < 1.29 is 14.3 Å². The van der Waals surface area contributed by atoms with Crippen LogP contribution in [-0.2, 0) is 11.2 Å². The van der Waals surface area contributed by atoms with E-state index in [1.807, 2.05) is 24.3 Å². The van der Waals surface area contributed by atoms with Gasteiger partial charge in [0.15, 0.2) is 0 Å². The molecule has 1 atom stereocenters. The van der Waals surface area contributed by atoms with Crippen LogP contribution in [0.25, 0.3) is 0 Å². The number of ether oxygens (including phenoxy) is 1. The van der Waals surface area contributed by atoms with Crippen LogP contribution in [0.5, 0.6) is 5.75 Å². The van der Waals surface area contributed by atoms with E-state index in [2.05, 4.69) is 12.2 Å². The molecule has 1 aliphatic heterocycles. The van der Waals surface area contributed by atoms with E-state index in [1.54, 1.807) is 4.90 Å². The Morgan fingerprint density at radius 1 is 1.33 bits per heavy atom. The lowest BCUT2D eigenvalue weighted by Crippen LogP contribution is -2.47. The number of primary amides is 1. The number of rotatable bonds is 7. The van der Waals surface area contributed by atoms with Gasteiger partial charge in [-0.25, -0.2) is 4.79 Å². The minimum Gasteiger partial charge on any atom is -0.494 e. The van der Waals surface area contributed by atoms with E-state index in [4.69, 9.17) is 10.5 Å².